The smallest absolute Gasteiger partial charge is 0.480 e. The van der Waals surface area contributed by atoms with Gasteiger partial charge in [-0.15, -0.1) is 25.6 Å². The van der Waals surface area contributed by atoms with E-state index in [1.807, 2.05) is 6.92 Å². The zero-order chi connectivity index (χ0) is 18.3. The lowest BCUT2D eigenvalue weighted by atomic mass is 10.2. The standard InChI is InChI=1S/C15H19F3N2O4.ClH/c1-3-8-20(9-13(21)22)10(2)14(23)19-11-4-6-12(7-5-11)24-15(16,17)18;/h4-7,10H,3,8-9H2,1-2H3,(H,19,23)(H,21,22);1H. The molecule has 0 aromatic heterocycles. The number of halogens is 4. The van der Waals surface area contributed by atoms with Crippen LogP contribution in [0.15, 0.2) is 24.3 Å². The average molecular weight is 385 g/mol. The number of carbonyl (C=O) groups excluding carboxylic acids is 1. The molecule has 0 aliphatic carbocycles. The Morgan fingerprint density at radius 2 is 1.84 bits per heavy atom. The predicted molar refractivity (Wildman–Crippen MR) is 88.0 cm³/mol. The number of hydrogen-bond donors (Lipinski definition) is 2. The Morgan fingerprint density at radius 3 is 2.28 bits per heavy atom. The number of anilines is 1. The van der Waals surface area contributed by atoms with Crippen LogP contribution in [0.25, 0.3) is 0 Å². The van der Waals surface area contributed by atoms with Crippen LogP contribution in [0.5, 0.6) is 5.75 Å². The van der Waals surface area contributed by atoms with Crippen LogP contribution in [0.1, 0.15) is 20.3 Å². The van der Waals surface area contributed by atoms with Crippen LogP contribution in [0.3, 0.4) is 0 Å². The van der Waals surface area contributed by atoms with Gasteiger partial charge in [-0.05, 0) is 44.2 Å². The number of hydrogen-bond acceptors (Lipinski definition) is 4. The summed E-state index contributed by atoms with van der Waals surface area (Å²) in [6.45, 7) is 3.58. The monoisotopic (exact) mass is 384 g/mol. The van der Waals surface area contributed by atoms with E-state index in [2.05, 4.69) is 10.1 Å². The summed E-state index contributed by atoms with van der Waals surface area (Å²) in [5.74, 6) is -1.89. The summed E-state index contributed by atoms with van der Waals surface area (Å²) in [5, 5.41) is 11.4. The van der Waals surface area contributed by atoms with Crippen molar-refractivity contribution in [1.29, 1.82) is 0 Å². The minimum atomic E-state index is -4.78. The van der Waals surface area contributed by atoms with Gasteiger partial charge in [-0.2, -0.15) is 0 Å². The molecule has 0 bridgehead atoms. The van der Waals surface area contributed by atoms with Crippen LogP contribution in [-0.2, 0) is 9.59 Å². The molecule has 2 N–H and O–H groups in total. The number of aliphatic carboxylic acids is 1. The van der Waals surface area contributed by atoms with Crippen molar-refractivity contribution in [3.8, 4) is 5.75 Å². The topological polar surface area (TPSA) is 78.9 Å². The predicted octanol–water partition coefficient (Wildman–Crippen LogP) is 3.13. The fourth-order valence-corrected chi connectivity index (χ4v) is 2.02. The fourth-order valence-electron chi connectivity index (χ4n) is 2.02. The first-order chi connectivity index (χ1) is 11.1. The summed E-state index contributed by atoms with van der Waals surface area (Å²) >= 11 is 0. The van der Waals surface area contributed by atoms with Gasteiger partial charge in [0.25, 0.3) is 0 Å². The molecule has 1 aromatic rings. The summed E-state index contributed by atoms with van der Waals surface area (Å²) in [6, 6.07) is 4.00. The maximum Gasteiger partial charge on any atom is 0.573 e. The maximum absolute atomic E-state index is 12.2. The minimum Gasteiger partial charge on any atom is -0.480 e. The zero-order valence-corrected chi connectivity index (χ0v) is 14.5. The second kappa shape index (κ2) is 10.1. The van der Waals surface area contributed by atoms with E-state index in [4.69, 9.17) is 5.11 Å². The van der Waals surface area contributed by atoms with E-state index in [1.54, 1.807) is 6.92 Å². The first kappa shape index (κ1) is 23.0. The molecule has 1 aromatic carbocycles. The van der Waals surface area contributed by atoms with Gasteiger partial charge in [0.1, 0.15) is 5.75 Å². The van der Waals surface area contributed by atoms with Crippen molar-refractivity contribution in [1.82, 2.24) is 4.90 Å². The molecule has 0 aliphatic rings. The summed E-state index contributed by atoms with van der Waals surface area (Å²) in [6.07, 6.45) is -4.11. The van der Waals surface area contributed by atoms with Crippen LogP contribution in [0, 0.1) is 0 Å². The molecular weight excluding hydrogens is 365 g/mol. The summed E-state index contributed by atoms with van der Waals surface area (Å²) in [4.78, 5) is 24.5. The number of ether oxygens (including phenoxy) is 1. The molecule has 0 saturated carbocycles. The van der Waals surface area contributed by atoms with Gasteiger partial charge in [0, 0.05) is 5.69 Å². The van der Waals surface area contributed by atoms with Gasteiger partial charge in [0.15, 0.2) is 0 Å². The number of alkyl halides is 3. The number of amides is 1. The lowest BCUT2D eigenvalue weighted by Crippen LogP contribution is -2.44. The van der Waals surface area contributed by atoms with Gasteiger partial charge in [-0.1, -0.05) is 6.92 Å². The van der Waals surface area contributed by atoms with E-state index in [0.717, 1.165) is 12.1 Å². The Bertz CT molecular complexity index is 567. The number of nitrogens with one attached hydrogen (secondary N) is 1. The van der Waals surface area contributed by atoms with Crippen LogP contribution < -0.4 is 10.1 Å². The molecule has 1 atom stereocenters. The van der Waals surface area contributed by atoms with Crippen LogP contribution in [-0.4, -0.2) is 47.4 Å². The average Bonchev–Trinajstić information content (AvgIpc) is 2.46. The third-order valence-electron chi connectivity index (χ3n) is 3.13. The van der Waals surface area contributed by atoms with Crippen LogP contribution >= 0.6 is 12.4 Å². The highest BCUT2D eigenvalue weighted by atomic mass is 35.5. The highest BCUT2D eigenvalue weighted by Gasteiger charge is 2.31. The van der Waals surface area contributed by atoms with Crippen molar-refractivity contribution < 1.29 is 32.6 Å². The molecule has 1 amide bonds. The van der Waals surface area contributed by atoms with Crippen molar-refractivity contribution in [3.05, 3.63) is 24.3 Å². The molecule has 0 fully saturated rings. The fraction of sp³-hybridized carbons (Fsp3) is 0.467. The number of carboxylic acid groups (broad SMARTS) is 1. The number of nitrogens with zero attached hydrogens (tertiary/aromatic N) is 1. The molecule has 142 valence electrons. The van der Waals surface area contributed by atoms with Crippen molar-refractivity contribution in [2.45, 2.75) is 32.7 Å². The Labute approximate surface area is 149 Å². The first-order valence-corrected chi connectivity index (χ1v) is 7.25. The van der Waals surface area contributed by atoms with Crippen molar-refractivity contribution in [2.24, 2.45) is 0 Å². The highest BCUT2D eigenvalue weighted by Crippen LogP contribution is 2.24. The van der Waals surface area contributed by atoms with Gasteiger partial charge in [-0.3, -0.25) is 14.5 Å². The molecule has 10 heteroatoms. The number of carboxylic acids is 1. The third kappa shape index (κ3) is 8.59. The van der Waals surface area contributed by atoms with Crippen LogP contribution in [0.2, 0.25) is 0 Å². The van der Waals surface area contributed by atoms with Gasteiger partial charge < -0.3 is 15.2 Å². The molecule has 6 nitrogen and oxygen atoms in total. The summed E-state index contributed by atoms with van der Waals surface area (Å²) < 4.78 is 40.0. The molecular formula is C15H20ClF3N2O4. The highest BCUT2D eigenvalue weighted by molar-refractivity contribution is 5.94. The van der Waals surface area contributed by atoms with Crippen molar-refractivity contribution >= 4 is 30.0 Å². The van der Waals surface area contributed by atoms with E-state index in [0.29, 0.717) is 13.0 Å². The molecule has 0 aliphatic heterocycles. The SMILES string of the molecule is CCCN(CC(=O)O)C(C)C(=O)Nc1ccc(OC(F)(F)F)cc1.Cl. The first-order valence-electron chi connectivity index (χ1n) is 7.25. The number of carbonyl (C=O) groups is 2. The molecule has 0 heterocycles. The Hall–Kier alpha value is -2.00. The van der Waals surface area contributed by atoms with Crippen LogP contribution in [0.4, 0.5) is 18.9 Å². The van der Waals surface area contributed by atoms with Gasteiger partial charge in [0.05, 0.1) is 12.6 Å². The van der Waals surface area contributed by atoms with Gasteiger partial charge in [-0.25, -0.2) is 0 Å². The summed E-state index contributed by atoms with van der Waals surface area (Å²) in [7, 11) is 0. The summed E-state index contributed by atoms with van der Waals surface area (Å²) in [5.41, 5.74) is 0.285. The second-order valence-electron chi connectivity index (χ2n) is 5.10. The van der Waals surface area contributed by atoms with E-state index in [9.17, 15) is 22.8 Å². The lowest BCUT2D eigenvalue weighted by molar-refractivity contribution is -0.274. The Balaban J connectivity index is 0.00000576. The zero-order valence-electron chi connectivity index (χ0n) is 13.7. The maximum atomic E-state index is 12.2. The van der Waals surface area contributed by atoms with E-state index >= 15 is 0 Å². The van der Waals surface area contributed by atoms with E-state index < -0.39 is 30.0 Å². The largest absolute Gasteiger partial charge is 0.573 e. The third-order valence-corrected chi connectivity index (χ3v) is 3.13. The Morgan fingerprint density at radius 1 is 1.28 bits per heavy atom. The van der Waals surface area contributed by atoms with Gasteiger partial charge in [0.2, 0.25) is 5.91 Å². The van der Waals surface area contributed by atoms with Crippen molar-refractivity contribution in [2.75, 3.05) is 18.4 Å². The Kier molecular flexibility index (Phi) is 9.29. The quantitative estimate of drug-likeness (QED) is 0.720. The normalized spacial score (nSPS) is 12.2. The minimum absolute atomic E-state index is 0. The van der Waals surface area contributed by atoms with E-state index in [1.165, 1.54) is 17.0 Å². The number of rotatable bonds is 8. The second-order valence-corrected chi connectivity index (χ2v) is 5.10. The molecule has 1 rings (SSSR count). The van der Waals surface area contributed by atoms with Crippen molar-refractivity contribution in [3.63, 3.8) is 0 Å². The van der Waals surface area contributed by atoms with Gasteiger partial charge >= 0.3 is 12.3 Å². The molecule has 0 saturated heterocycles. The number of benzene rings is 1. The molecule has 25 heavy (non-hydrogen) atoms. The lowest BCUT2D eigenvalue weighted by Gasteiger charge is -2.26. The molecule has 0 spiro atoms. The molecule has 0 radical (unpaired) electrons. The van der Waals surface area contributed by atoms with E-state index in [-0.39, 0.29) is 24.6 Å². The molecule has 1 unspecified atom stereocenters.